The molecule has 1 rings (SSSR count). The van der Waals surface area contributed by atoms with E-state index in [1.165, 1.54) is 30.0 Å². The average molecular weight is 279 g/mol. The highest BCUT2D eigenvalue weighted by molar-refractivity contribution is 7.99. The van der Waals surface area contributed by atoms with Crippen molar-refractivity contribution in [3.8, 4) is 6.07 Å². The van der Waals surface area contributed by atoms with Gasteiger partial charge in [-0.15, -0.1) is 0 Å². The van der Waals surface area contributed by atoms with Crippen LogP contribution in [0.1, 0.15) is 12.8 Å². The number of unbranched alkanes of at least 4 members (excludes halogenated alkanes) is 1. The van der Waals surface area contributed by atoms with Gasteiger partial charge in [0.25, 0.3) is 5.69 Å². The molecule has 0 saturated carbocycles. The Morgan fingerprint density at radius 3 is 3.00 bits per heavy atom. The predicted octanol–water partition coefficient (Wildman–Crippen LogP) is 2.57. The second kappa shape index (κ2) is 8.11. The highest BCUT2D eigenvalue weighted by atomic mass is 32.2. The molecule has 0 fully saturated rings. The summed E-state index contributed by atoms with van der Waals surface area (Å²) >= 11 is 1.43. The number of rotatable bonds is 7. The Bertz CT molecular complexity index is 499. The monoisotopic (exact) mass is 279 g/mol. The highest BCUT2D eigenvalue weighted by Crippen LogP contribution is 2.17. The molecule has 1 aromatic rings. The first-order valence-corrected chi connectivity index (χ1v) is 6.78. The van der Waals surface area contributed by atoms with Crippen LogP contribution in [0.15, 0.2) is 24.3 Å². The van der Waals surface area contributed by atoms with Crippen LogP contribution in [-0.4, -0.2) is 22.3 Å². The van der Waals surface area contributed by atoms with Crippen LogP contribution in [0.5, 0.6) is 0 Å². The Kier molecular flexibility index (Phi) is 6.39. The van der Waals surface area contributed by atoms with Gasteiger partial charge in [0.15, 0.2) is 0 Å². The van der Waals surface area contributed by atoms with E-state index in [0.717, 1.165) is 12.2 Å². The molecule has 0 bridgehead atoms. The molecule has 0 atom stereocenters. The molecule has 7 heteroatoms. The summed E-state index contributed by atoms with van der Waals surface area (Å²) in [6.45, 7) is 0. The number of hydrogen-bond acceptors (Lipinski definition) is 5. The van der Waals surface area contributed by atoms with Crippen LogP contribution in [0.2, 0.25) is 0 Å². The van der Waals surface area contributed by atoms with Crippen molar-refractivity contribution < 1.29 is 9.72 Å². The van der Waals surface area contributed by atoms with Gasteiger partial charge in [0, 0.05) is 24.2 Å². The number of nitrogens with one attached hydrogen (secondary N) is 1. The zero-order valence-corrected chi connectivity index (χ0v) is 11.0. The van der Waals surface area contributed by atoms with E-state index < -0.39 is 4.92 Å². The molecule has 0 radical (unpaired) electrons. The SMILES string of the molecule is N#CCCCSCC(=O)Nc1cccc([N+](=O)[O-])c1. The number of nitriles is 1. The second-order valence-corrected chi connectivity index (χ2v) is 4.78. The minimum Gasteiger partial charge on any atom is -0.325 e. The molecular weight excluding hydrogens is 266 g/mol. The number of hydrogen-bond donors (Lipinski definition) is 1. The minimum absolute atomic E-state index is 0.0560. The quantitative estimate of drug-likeness (QED) is 0.470. The fraction of sp³-hybridized carbons (Fsp3) is 0.333. The summed E-state index contributed by atoms with van der Waals surface area (Å²) in [5.41, 5.74) is 0.358. The number of anilines is 1. The molecule has 0 aromatic heterocycles. The Morgan fingerprint density at radius 1 is 1.53 bits per heavy atom. The van der Waals surface area contributed by atoms with Crippen molar-refractivity contribution in [1.82, 2.24) is 0 Å². The molecule has 1 amide bonds. The van der Waals surface area contributed by atoms with Crippen molar-refractivity contribution in [3.63, 3.8) is 0 Å². The lowest BCUT2D eigenvalue weighted by molar-refractivity contribution is -0.384. The van der Waals surface area contributed by atoms with E-state index in [9.17, 15) is 14.9 Å². The van der Waals surface area contributed by atoms with Crippen molar-refractivity contribution in [3.05, 3.63) is 34.4 Å². The van der Waals surface area contributed by atoms with E-state index >= 15 is 0 Å². The van der Waals surface area contributed by atoms with Gasteiger partial charge < -0.3 is 5.32 Å². The van der Waals surface area contributed by atoms with E-state index in [-0.39, 0.29) is 17.3 Å². The molecule has 0 aliphatic heterocycles. The van der Waals surface area contributed by atoms with Gasteiger partial charge >= 0.3 is 0 Å². The molecule has 19 heavy (non-hydrogen) atoms. The number of carbonyl (C=O) groups is 1. The second-order valence-electron chi connectivity index (χ2n) is 3.67. The first-order chi connectivity index (χ1) is 9.13. The van der Waals surface area contributed by atoms with Gasteiger partial charge in [-0.1, -0.05) is 6.07 Å². The van der Waals surface area contributed by atoms with Gasteiger partial charge in [-0.25, -0.2) is 0 Å². The molecule has 0 aliphatic rings. The third kappa shape index (κ3) is 5.88. The first kappa shape index (κ1) is 15.0. The fourth-order valence-electron chi connectivity index (χ4n) is 1.31. The van der Waals surface area contributed by atoms with Crippen LogP contribution in [0, 0.1) is 21.4 Å². The molecule has 0 unspecified atom stereocenters. The van der Waals surface area contributed by atoms with Gasteiger partial charge in [0.05, 0.1) is 16.7 Å². The molecule has 6 nitrogen and oxygen atoms in total. The van der Waals surface area contributed by atoms with Crippen molar-refractivity contribution in [1.29, 1.82) is 5.26 Å². The fourth-order valence-corrected chi connectivity index (χ4v) is 2.06. The Morgan fingerprint density at radius 2 is 2.32 bits per heavy atom. The van der Waals surface area contributed by atoms with Crippen LogP contribution in [0.3, 0.4) is 0 Å². The Hall–Kier alpha value is -2.07. The van der Waals surface area contributed by atoms with E-state index in [1.807, 2.05) is 6.07 Å². The number of carbonyl (C=O) groups excluding carboxylic acids is 1. The predicted molar refractivity (Wildman–Crippen MR) is 73.9 cm³/mol. The number of benzene rings is 1. The van der Waals surface area contributed by atoms with E-state index in [2.05, 4.69) is 5.32 Å². The zero-order chi connectivity index (χ0) is 14.1. The summed E-state index contributed by atoms with van der Waals surface area (Å²) in [4.78, 5) is 21.6. The minimum atomic E-state index is -0.508. The summed E-state index contributed by atoms with van der Waals surface area (Å²) in [6.07, 6.45) is 1.24. The molecule has 0 saturated heterocycles. The summed E-state index contributed by atoms with van der Waals surface area (Å²) in [6, 6.07) is 7.84. The summed E-state index contributed by atoms with van der Waals surface area (Å²) in [5.74, 6) is 0.812. The molecule has 1 N–H and O–H groups in total. The standard InChI is InChI=1S/C12H13N3O3S/c13-6-1-2-7-19-9-12(16)14-10-4-3-5-11(8-10)15(17)18/h3-5,8H,1-2,7,9H2,(H,14,16). The van der Waals surface area contributed by atoms with Crippen LogP contribution in [0.25, 0.3) is 0 Å². The molecule has 0 heterocycles. The third-order valence-electron chi connectivity index (χ3n) is 2.15. The summed E-state index contributed by atoms with van der Waals surface area (Å²) in [7, 11) is 0. The maximum absolute atomic E-state index is 11.6. The third-order valence-corrected chi connectivity index (χ3v) is 3.19. The number of nitro groups is 1. The van der Waals surface area contributed by atoms with Crippen molar-refractivity contribution >= 4 is 29.0 Å². The van der Waals surface area contributed by atoms with Crippen LogP contribution in [0.4, 0.5) is 11.4 Å². The number of amides is 1. The van der Waals surface area contributed by atoms with E-state index in [4.69, 9.17) is 5.26 Å². The zero-order valence-electron chi connectivity index (χ0n) is 10.2. The number of non-ortho nitro benzene ring substituents is 1. The topological polar surface area (TPSA) is 96.0 Å². The van der Waals surface area contributed by atoms with Crippen molar-refractivity contribution in [2.24, 2.45) is 0 Å². The van der Waals surface area contributed by atoms with E-state index in [0.29, 0.717) is 12.1 Å². The molecule has 1 aromatic carbocycles. The Labute approximate surface area is 115 Å². The lowest BCUT2D eigenvalue weighted by Gasteiger charge is -2.04. The lowest BCUT2D eigenvalue weighted by atomic mass is 10.3. The molecule has 100 valence electrons. The number of nitrogens with zero attached hydrogens (tertiary/aromatic N) is 2. The maximum Gasteiger partial charge on any atom is 0.271 e. The lowest BCUT2D eigenvalue weighted by Crippen LogP contribution is -2.14. The average Bonchev–Trinajstić information content (AvgIpc) is 2.38. The van der Waals surface area contributed by atoms with Crippen molar-refractivity contribution in [2.45, 2.75) is 12.8 Å². The van der Waals surface area contributed by atoms with Gasteiger partial charge in [-0.2, -0.15) is 17.0 Å². The van der Waals surface area contributed by atoms with Crippen LogP contribution >= 0.6 is 11.8 Å². The Balaban J connectivity index is 2.38. The largest absolute Gasteiger partial charge is 0.325 e. The molecule has 0 spiro atoms. The summed E-state index contributed by atoms with van der Waals surface area (Å²) in [5, 5.41) is 21.5. The maximum atomic E-state index is 11.6. The van der Waals surface area contributed by atoms with Crippen LogP contribution < -0.4 is 5.32 Å². The smallest absolute Gasteiger partial charge is 0.271 e. The van der Waals surface area contributed by atoms with Crippen molar-refractivity contribution in [2.75, 3.05) is 16.8 Å². The number of thioether (sulfide) groups is 1. The normalized spacial score (nSPS) is 9.63. The van der Waals surface area contributed by atoms with Gasteiger partial charge in [0.1, 0.15) is 0 Å². The summed E-state index contributed by atoms with van der Waals surface area (Å²) < 4.78 is 0. The van der Waals surface area contributed by atoms with Gasteiger partial charge in [-0.05, 0) is 18.2 Å². The van der Waals surface area contributed by atoms with Gasteiger partial charge in [0.2, 0.25) is 5.91 Å². The first-order valence-electron chi connectivity index (χ1n) is 5.62. The van der Waals surface area contributed by atoms with E-state index in [1.54, 1.807) is 6.07 Å². The number of nitro benzene ring substituents is 1. The van der Waals surface area contributed by atoms with Crippen LogP contribution in [-0.2, 0) is 4.79 Å². The molecular formula is C12H13N3O3S. The molecule has 0 aliphatic carbocycles. The van der Waals surface area contributed by atoms with Gasteiger partial charge in [-0.3, -0.25) is 14.9 Å². The highest BCUT2D eigenvalue weighted by Gasteiger charge is 2.08.